The molecule has 1 aromatic rings. The van der Waals surface area contributed by atoms with Crippen molar-refractivity contribution in [1.29, 1.82) is 0 Å². The molecular weight excluding hydrogens is 164 g/mol. The first-order valence-electron chi connectivity index (χ1n) is 4.26. The lowest BCUT2D eigenvalue weighted by molar-refractivity contribution is -0.119. The maximum atomic E-state index is 11.1. The van der Waals surface area contributed by atoms with Crippen molar-refractivity contribution in [3.8, 4) is 0 Å². The minimum atomic E-state index is 0.0499. The summed E-state index contributed by atoms with van der Waals surface area (Å²) in [5.41, 5.74) is 0.968. The van der Waals surface area contributed by atoms with Crippen molar-refractivity contribution in [3.63, 3.8) is 0 Å². The van der Waals surface area contributed by atoms with Crippen molar-refractivity contribution in [3.05, 3.63) is 35.9 Å². The van der Waals surface area contributed by atoms with E-state index in [1.807, 2.05) is 30.3 Å². The predicted octanol–water partition coefficient (Wildman–Crippen LogP) is 0.953. The van der Waals surface area contributed by atoms with Crippen molar-refractivity contribution in [2.75, 3.05) is 6.54 Å². The number of amides is 1. The molecule has 1 N–H and O–H groups in total. The lowest BCUT2D eigenvalue weighted by atomic mass is 10.2. The van der Waals surface area contributed by atoms with E-state index in [-0.39, 0.29) is 5.91 Å². The Balaban J connectivity index is 2.27. The number of benzene rings is 1. The SMILES string of the molecule is O=C1CCN=C(c2ccccc2)N1. The van der Waals surface area contributed by atoms with Crippen LogP contribution in [0.3, 0.4) is 0 Å². The van der Waals surface area contributed by atoms with Gasteiger partial charge in [0.2, 0.25) is 5.91 Å². The van der Waals surface area contributed by atoms with Gasteiger partial charge in [0.1, 0.15) is 5.84 Å². The molecule has 0 aliphatic carbocycles. The van der Waals surface area contributed by atoms with Gasteiger partial charge < -0.3 is 5.32 Å². The Morgan fingerprint density at radius 1 is 1.23 bits per heavy atom. The Kier molecular flexibility index (Phi) is 2.08. The number of hydrogen-bond donors (Lipinski definition) is 1. The quantitative estimate of drug-likeness (QED) is 0.676. The summed E-state index contributed by atoms with van der Waals surface area (Å²) < 4.78 is 0. The lowest BCUT2D eigenvalue weighted by Crippen LogP contribution is -2.35. The van der Waals surface area contributed by atoms with Crippen LogP contribution in [0.25, 0.3) is 0 Å². The first-order chi connectivity index (χ1) is 6.36. The Morgan fingerprint density at radius 3 is 2.69 bits per heavy atom. The van der Waals surface area contributed by atoms with Gasteiger partial charge >= 0.3 is 0 Å². The molecule has 2 rings (SSSR count). The highest BCUT2D eigenvalue weighted by atomic mass is 16.1. The number of nitrogens with zero attached hydrogens (tertiary/aromatic N) is 1. The molecular formula is C10H10N2O. The second kappa shape index (κ2) is 3.39. The molecule has 0 atom stereocenters. The van der Waals surface area contributed by atoms with Gasteiger partial charge in [-0.1, -0.05) is 30.3 Å². The molecule has 3 nitrogen and oxygen atoms in total. The van der Waals surface area contributed by atoms with Gasteiger partial charge in [-0.25, -0.2) is 0 Å². The fourth-order valence-electron chi connectivity index (χ4n) is 1.26. The molecule has 1 aliphatic rings. The Labute approximate surface area is 76.5 Å². The molecule has 0 spiro atoms. The molecule has 0 radical (unpaired) electrons. The summed E-state index contributed by atoms with van der Waals surface area (Å²) in [4.78, 5) is 15.3. The second-order valence-electron chi connectivity index (χ2n) is 2.89. The molecule has 3 heteroatoms. The van der Waals surface area contributed by atoms with Crippen LogP contribution in [0, 0.1) is 0 Å². The smallest absolute Gasteiger partial charge is 0.227 e. The molecule has 0 fully saturated rings. The Hall–Kier alpha value is -1.64. The summed E-state index contributed by atoms with van der Waals surface area (Å²) in [5, 5.41) is 2.74. The number of hydrogen-bond acceptors (Lipinski definition) is 2. The fraction of sp³-hybridized carbons (Fsp3) is 0.200. The molecule has 0 bridgehead atoms. The largest absolute Gasteiger partial charge is 0.310 e. The van der Waals surface area contributed by atoms with Crippen LogP contribution < -0.4 is 5.32 Å². The third-order valence-electron chi connectivity index (χ3n) is 1.91. The molecule has 66 valence electrons. The predicted molar refractivity (Wildman–Crippen MR) is 50.6 cm³/mol. The summed E-state index contributed by atoms with van der Waals surface area (Å²) in [6.07, 6.45) is 0.496. The van der Waals surface area contributed by atoms with Gasteiger partial charge in [0, 0.05) is 12.0 Å². The summed E-state index contributed by atoms with van der Waals surface area (Å²) in [6, 6.07) is 9.67. The highest BCUT2D eigenvalue weighted by Crippen LogP contribution is 2.03. The average molecular weight is 174 g/mol. The summed E-state index contributed by atoms with van der Waals surface area (Å²) in [7, 11) is 0. The van der Waals surface area contributed by atoms with Gasteiger partial charge in [-0.05, 0) is 0 Å². The van der Waals surface area contributed by atoms with Gasteiger partial charge in [-0.3, -0.25) is 9.79 Å². The van der Waals surface area contributed by atoms with Crippen molar-refractivity contribution < 1.29 is 4.79 Å². The first-order valence-corrected chi connectivity index (χ1v) is 4.26. The molecule has 1 heterocycles. The molecule has 0 saturated heterocycles. The molecule has 1 aliphatic heterocycles. The third-order valence-corrected chi connectivity index (χ3v) is 1.91. The summed E-state index contributed by atoms with van der Waals surface area (Å²) in [5.74, 6) is 0.741. The third kappa shape index (κ3) is 1.75. The zero-order valence-corrected chi connectivity index (χ0v) is 7.16. The highest BCUT2D eigenvalue weighted by Gasteiger charge is 2.11. The fourth-order valence-corrected chi connectivity index (χ4v) is 1.26. The number of carbonyl (C=O) groups excluding carboxylic acids is 1. The van der Waals surface area contributed by atoms with Crippen LogP contribution >= 0.6 is 0 Å². The molecule has 0 unspecified atom stereocenters. The number of nitrogens with one attached hydrogen (secondary N) is 1. The number of carbonyl (C=O) groups is 1. The van der Waals surface area contributed by atoms with Crippen molar-refractivity contribution in [1.82, 2.24) is 5.32 Å². The van der Waals surface area contributed by atoms with E-state index in [9.17, 15) is 4.79 Å². The number of amidine groups is 1. The molecule has 13 heavy (non-hydrogen) atoms. The van der Waals surface area contributed by atoms with Gasteiger partial charge in [-0.2, -0.15) is 0 Å². The normalized spacial score (nSPS) is 16.3. The van der Waals surface area contributed by atoms with Crippen molar-refractivity contribution >= 4 is 11.7 Å². The van der Waals surface area contributed by atoms with Gasteiger partial charge in [0.05, 0.1) is 6.54 Å². The Morgan fingerprint density at radius 2 is 2.00 bits per heavy atom. The van der Waals surface area contributed by atoms with Gasteiger partial charge in [0.15, 0.2) is 0 Å². The van der Waals surface area contributed by atoms with Crippen molar-refractivity contribution in [2.24, 2.45) is 4.99 Å². The average Bonchev–Trinajstić information content (AvgIpc) is 2.19. The zero-order valence-electron chi connectivity index (χ0n) is 7.16. The van der Waals surface area contributed by atoms with Crippen LogP contribution in [0.1, 0.15) is 12.0 Å². The lowest BCUT2D eigenvalue weighted by Gasteiger charge is -2.12. The minimum Gasteiger partial charge on any atom is -0.310 e. The highest BCUT2D eigenvalue weighted by molar-refractivity contribution is 6.09. The zero-order chi connectivity index (χ0) is 9.10. The molecule has 1 aromatic carbocycles. The van der Waals surface area contributed by atoms with E-state index < -0.39 is 0 Å². The summed E-state index contributed by atoms with van der Waals surface area (Å²) >= 11 is 0. The Bertz CT molecular complexity index is 343. The standard InChI is InChI=1S/C10H10N2O/c13-9-6-7-11-10(12-9)8-4-2-1-3-5-8/h1-5H,6-7H2,(H,11,12,13). The maximum Gasteiger partial charge on any atom is 0.227 e. The van der Waals surface area contributed by atoms with E-state index in [0.29, 0.717) is 18.8 Å². The maximum absolute atomic E-state index is 11.1. The summed E-state index contributed by atoms with van der Waals surface area (Å²) in [6.45, 7) is 0.593. The van der Waals surface area contributed by atoms with Crippen LogP contribution in [0.15, 0.2) is 35.3 Å². The molecule has 0 aromatic heterocycles. The number of rotatable bonds is 1. The van der Waals surface area contributed by atoms with E-state index in [4.69, 9.17) is 0 Å². The van der Waals surface area contributed by atoms with Gasteiger partial charge in [-0.15, -0.1) is 0 Å². The van der Waals surface area contributed by atoms with Crippen LogP contribution in [-0.2, 0) is 4.79 Å². The second-order valence-corrected chi connectivity index (χ2v) is 2.89. The van der Waals surface area contributed by atoms with E-state index in [2.05, 4.69) is 10.3 Å². The van der Waals surface area contributed by atoms with E-state index in [1.54, 1.807) is 0 Å². The van der Waals surface area contributed by atoms with Crippen LogP contribution in [0.4, 0.5) is 0 Å². The monoisotopic (exact) mass is 174 g/mol. The van der Waals surface area contributed by atoms with Crippen molar-refractivity contribution in [2.45, 2.75) is 6.42 Å². The minimum absolute atomic E-state index is 0.0499. The molecule has 0 saturated carbocycles. The van der Waals surface area contributed by atoms with E-state index in [0.717, 1.165) is 5.56 Å². The van der Waals surface area contributed by atoms with Gasteiger partial charge in [0.25, 0.3) is 0 Å². The van der Waals surface area contributed by atoms with E-state index >= 15 is 0 Å². The number of aliphatic imine (C=N–C) groups is 1. The topological polar surface area (TPSA) is 41.5 Å². The van der Waals surface area contributed by atoms with E-state index in [1.165, 1.54) is 0 Å². The molecule has 1 amide bonds. The van der Waals surface area contributed by atoms with Crippen LogP contribution in [0.2, 0.25) is 0 Å². The first kappa shape index (κ1) is 7.98. The van der Waals surface area contributed by atoms with Crippen LogP contribution in [-0.4, -0.2) is 18.3 Å². The van der Waals surface area contributed by atoms with Crippen LogP contribution in [0.5, 0.6) is 0 Å².